The third-order valence-electron chi connectivity index (χ3n) is 5.81. The summed E-state index contributed by atoms with van der Waals surface area (Å²) in [4.78, 5) is 38.1. The summed E-state index contributed by atoms with van der Waals surface area (Å²) in [7, 11) is 0. The number of nitrogens with zero attached hydrogens (tertiary/aromatic N) is 1. The molecular formula is C22H34N2O4. The third-order valence-corrected chi connectivity index (χ3v) is 5.81. The number of hydrogen-bond donors (Lipinski definition) is 2. The highest BCUT2D eigenvalue weighted by Gasteiger charge is 2.41. The summed E-state index contributed by atoms with van der Waals surface area (Å²) in [6, 6.07) is 1.68. The van der Waals surface area contributed by atoms with Crippen LogP contribution in [0.4, 0.5) is 0 Å². The summed E-state index contributed by atoms with van der Waals surface area (Å²) in [6.07, 6.45) is 7.59. The normalized spacial score (nSPS) is 16.0. The number of aryl methyl sites for hydroxylation is 1. The topological polar surface area (TPSA) is 88.4 Å². The van der Waals surface area contributed by atoms with Gasteiger partial charge in [-0.2, -0.15) is 0 Å². The van der Waals surface area contributed by atoms with Crippen LogP contribution in [0.1, 0.15) is 93.8 Å². The molecule has 0 aromatic carbocycles. The van der Waals surface area contributed by atoms with Gasteiger partial charge >= 0.3 is 5.97 Å². The van der Waals surface area contributed by atoms with Gasteiger partial charge in [-0.15, -0.1) is 0 Å². The highest BCUT2D eigenvalue weighted by molar-refractivity contribution is 5.97. The number of unbranched alkanes of at least 4 members (excludes halogenated alkanes) is 1. The van der Waals surface area contributed by atoms with Crippen molar-refractivity contribution in [3.63, 3.8) is 0 Å². The lowest BCUT2D eigenvalue weighted by atomic mass is 9.81. The number of hydrogen-bond acceptors (Lipinski definition) is 3. The van der Waals surface area contributed by atoms with E-state index >= 15 is 0 Å². The van der Waals surface area contributed by atoms with Crippen LogP contribution in [-0.2, 0) is 24.2 Å². The van der Waals surface area contributed by atoms with E-state index in [0.29, 0.717) is 19.4 Å². The summed E-state index contributed by atoms with van der Waals surface area (Å²) in [5.74, 6) is -1.57. The van der Waals surface area contributed by atoms with Crippen molar-refractivity contribution in [3.05, 3.63) is 33.2 Å². The van der Waals surface area contributed by atoms with E-state index in [1.807, 2.05) is 6.92 Å². The molecule has 1 heterocycles. The average Bonchev–Trinajstić information content (AvgIpc) is 2.68. The van der Waals surface area contributed by atoms with E-state index in [2.05, 4.69) is 19.2 Å². The van der Waals surface area contributed by atoms with E-state index in [1.165, 1.54) is 0 Å². The lowest BCUT2D eigenvalue weighted by molar-refractivity contribution is -0.145. The van der Waals surface area contributed by atoms with Crippen LogP contribution < -0.4 is 10.9 Å². The second-order valence-electron chi connectivity index (χ2n) is 7.85. The minimum atomic E-state index is -1.26. The number of pyridine rings is 1. The van der Waals surface area contributed by atoms with Crippen molar-refractivity contribution in [2.24, 2.45) is 0 Å². The molecule has 0 spiro atoms. The summed E-state index contributed by atoms with van der Waals surface area (Å²) in [5, 5.41) is 12.5. The minimum absolute atomic E-state index is 0.0685. The van der Waals surface area contributed by atoms with Gasteiger partial charge in [-0.1, -0.05) is 52.9 Å². The number of carbonyl (C=O) groups is 2. The Morgan fingerprint density at radius 1 is 1.14 bits per heavy atom. The number of carboxylic acids is 1. The Morgan fingerprint density at radius 3 is 2.36 bits per heavy atom. The molecule has 156 valence electrons. The SMILES string of the molecule is CCCCn1c(CCC)c(CC)cc(C(=O)NC2(C(=O)O)CCCCC2)c1=O. The Balaban J connectivity index is 2.47. The quantitative estimate of drug-likeness (QED) is 0.673. The molecule has 1 aromatic heterocycles. The Kier molecular flexibility index (Phi) is 7.84. The first-order valence-electron chi connectivity index (χ1n) is 10.7. The molecule has 2 rings (SSSR count). The standard InChI is InChI=1S/C22H34N2O4/c1-4-7-14-24-18(11-5-2)16(6-3)15-17(20(24)26)19(25)23-22(21(27)28)12-9-8-10-13-22/h15H,4-14H2,1-3H3,(H,23,25)(H,27,28). The van der Waals surface area contributed by atoms with Crippen LogP contribution in [0.5, 0.6) is 0 Å². The zero-order valence-corrected chi connectivity index (χ0v) is 17.5. The molecule has 1 amide bonds. The molecule has 1 aromatic rings. The van der Waals surface area contributed by atoms with Gasteiger partial charge in [0.05, 0.1) is 0 Å². The number of carboxylic acid groups (broad SMARTS) is 1. The first-order chi connectivity index (χ1) is 13.4. The van der Waals surface area contributed by atoms with Gasteiger partial charge in [0.1, 0.15) is 11.1 Å². The molecule has 1 aliphatic carbocycles. The van der Waals surface area contributed by atoms with Crippen LogP contribution >= 0.6 is 0 Å². The summed E-state index contributed by atoms with van der Waals surface area (Å²) < 4.78 is 1.75. The van der Waals surface area contributed by atoms with Crippen molar-refractivity contribution >= 4 is 11.9 Å². The lowest BCUT2D eigenvalue weighted by Crippen LogP contribution is -2.56. The molecule has 6 heteroatoms. The first kappa shape index (κ1) is 22.2. The van der Waals surface area contributed by atoms with Crippen LogP contribution in [0.2, 0.25) is 0 Å². The molecular weight excluding hydrogens is 356 g/mol. The van der Waals surface area contributed by atoms with Gasteiger partial charge in [0.25, 0.3) is 11.5 Å². The molecule has 0 aliphatic heterocycles. The van der Waals surface area contributed by atoms with E-state index < -0.39 is 17.4 Å². The van der Waals surface area contributed by atoms with Crippen molar-refractivity contribution in [2.45, 2.75) is 97.1 Å². The van der Waals surface area contributed by atoms with Gasteiger partial charge < -0.3 is 15.0 Å². The second-order valence-corrected chi connectivity index (χ2v) is 7.85. The van der Waals surface area contributed by atoms with Gasteiger partial charge in [-0.05, 0) is 43.7 Å². The van der Waals surface area contributed by atoms with Gasteiger partial charge in [0.15, 0.2) is 0 Å². The predicted octanol–water partition coefficient (Wildman–Crippen LogP) is 3.68. The van der Waals surface area contributed by atoms with E-state index in [-0.39, 0.29) is 11.1 Å². The zero-order valence-electron chi connectivity index (χ0n) is 17.5. The van der Waals surface area contributed by atoms with Crippen LogP contribution in [0.25, 0.3) is 0 Å². The Bertz CT molecular complexity index is 761. The van der Waals surface area contributed by atoms with Gasteiger partial charge in [-0.3, -0.25) is 9.59 Å². The van der Waals surface area contributed by atoms with Gasteiger partial charge in [0, 0.05) is 12.2 Å². The molecule has 6 nitrogen and oxygen atoms in total. The third kappa shape index (κ3) is 4.65. The number of nitrogens with one attached hydrogen (secondary N) is 1. The van der Waals surface area contributed by atoms with E-state index in [4.69, 9.17) is 0 Å². The maximum atomic E-state index is 13.2. The molecule has 1 fully saturated rings. The second kappa shape index (κ2) is 9.89. The maximum absolute atomic E-state index is 13.2. The van der Waals surface area contributed by atoms with Crippen molar-refractivity contribution in [1.29, 1.82) is 0 Å². The molecule has 0 saturated heterocycles. The van der Waals surface area contributed by atoms with Crippen LogP contribution in [0.15, 0.2) is 10.9 Å². The lowest BCUT2D eigenvalue weighted by Gasteiger charge is -2.34. The van der Waals surface area contributed by atoms with Crippen LogP contribution in [0, 0.1) is 0 Å². The van der Waals surface area contributed by atoms with Crippen molar-refractivity contribution in [3.8, 4) is 0 Å². The zero-order chi connectivity index (χ0) is 20.7. The van der Waals surface area contributed by atoms with E-state index in [9.17, 15) is 19.5 Å². The van der Waals surface area contributed by atoms with Crippen molar-refractivity contribution < 1.29 is 14.7 Å². The first-order valence-corrected chi connectivity index (χ1v) is 10.7. The maximum Gasteiger partial charge on any atom is 0.329 e. The van der Waals surface area contributed by atoms with E-state index in [1.54, 1.807) is 10.6 Å². The molecule has 2 N–H and O–H groups in total. The van der Waals surface area contributed by atoms with Gasteiger partial charge in [-0.25, -0.2) is 4.79 Å². The largest absolute Gasteiger partial charge is 0.480 e. The minimum Gasteiger partial charge on any atom is -0.480 e. The summed E-state index contributed by atoms with van der Waals surface area (Å²) >= 11 is 0. The van der Waals surface area contributed by atoms with E-state index in [0.717, 1.165) is 62.6 Å². The smallest absolute Gasteiger partial charge is 0.329 e. The Morgan fingerprint density at radius 2 is 1.82 bits per heavy atom. The monoisotopic (exact) mass is 390 g/mol. The predicted molar refractivity (Wildman–Crippen MR) is 110 cm³/mol. The number of aliphatic carboxylic acids is 1. The molecule has 0 bridgehead atoms. The number of carbonyl (C=O) groups excluding carboxylic acids is 1. The van der Waals surface area contributed by atoms with Crippen molar-refractivity contribution in [1.82, 2.24) is 9.88 Å². The highest BCUT2D eigenvalue weighted by atomic mass is 16.4. The van der Waals surface area contributed by atoms with Crippen molar-refractivity contribution in [2.75, 3.05) is 0 Å². The number of amides is 1. The molecule has 0 atom stereocenters. The molecule has 1 saturated carbocycles. The fourth-order valence-corrected chi connectivity index (χ4v) is 4.15. The molecule has 28 heavy (non-hydrogen) atoms. The Labute approximate surface area is 167 Å². The Hall–Kier alpha value is -2.11. The van der Waals surface area contributed by atoms with Crippen LogP contribution in [-0.4, -0.2) is 27.1 Å². The summed E-state index contributed by atoms with van der Waals surface area (Å²) in [6.45, 7) is 6.75. The number of aromatic nitrogens is 1. The molecule has 0 unspecified atom stereocenters. The average molecular weight is 391 g/mol. The van der Waals surface area contributed by atoms with Crippen LogP contribution in [0.3, 0.4) is 0 Å². The van der Waals surface area contributed by atoms with Gasteiger partial charge in [0.2, 0.25) is 0 Å². The fraction of sp³-hybridized carbons (Fsp3) is 0.682. The number of rotatable bonds is 9. The highest BCUT2D eigenvalue weighted by Crippen LogP contribution is 2.29. The molecule has 1 aliphatic rings. The summed E-state index contributed by atoms with van der Waals surface area (Å²) in [5.41, 5.74) is 0.507. The molecule has 0 radical (unpaired) electrons. The fourth-order valence-electron chi connectivity index (χ4n) is 4.15.